The quantitative estimate of drug-likeness (QED) is 0.166. The zero-order valence-electron chi connectivity index (χ0n) is 31.7. The molecule has 0 fully saturated rings. The number of nitrogens with zero attached hydrogens (tertiary/aromatic N) is 3. The summed E-state index contributed by atoms with van der Waals surface area (Å²) in [6.45, 7) is 4.70. The van der Waals surface area contributed by atoms with Crippen LogP contribution < -0.4 is 0 Å². The van der Waals surface area contributed by atoms with E-state index in [1.54, 1.807) is 0 Å². The molecule has 0 saturated heterocycles. The second-order valence-corrected chi connectivity index (χ2v) is 15.6. The van der Waals surface area contributed by atoms with Crippen LogP contribution in [-0.2, 0) is 5.41 Å². The van der Waals surface area contributed by atoms with E-state index in [1.165, 1.54) is 71.3 Å². The van der Waals surface area contributed by atoms with Crippen molar-refractivity contribution in [2.75, 3.05) is 0 Å². The van der Waals surface area contributed by atoms with Crippen LogP contribution in [-0.4, -0.2) is 15.0 Å². The van der Waals surface area contributed by atoms with Crippen molar-refractivity contribution >= 4 is 32.3 Å². The SMILES string of the molecule is CC1(C)c2cc(-c3cccc(-c4nc(-c5ccccc5)nc(-c5ccc6c7ccccc7c7ccccc7c6c5)n4)c3)ccc2-c2c(-c3ccccc3)cccc21. The number of hydrogen-bond acceptors (Lipinski definition) is 3. The van der Waals surface area contributed by atoms with Crippen LogP contribution >= 0.6 is 0 Å². The van der Waals surface area contributed by atoms with E-state index in [-0.39, 0.29) is 5.41 Å². The number of benzene rings is 9. The van der Waals surface area contributed by atoms with Crippen molar-refractivity contribution in [1.29, 1.82) is 0 Å². The normalized spacial score (nSPS) is 12.9. The first-order chi connectivity index (χ1) is 28.0. The average molecular weight is 728 g/mol. The van der Waals surface area contributed by atoms with Crippen LogP contribution in [0, 0.1) is 0 Å². The standard InChI is InChI=1S/C54H37N3/c1-54(2)48-26-14-25-40(34-15-5-3-6-16-34)50(48)46-30-27-37(33-49(46)54)36-19-13-20-38(31-36)52-55-51(35-17-7-4-8-18-35)56-53(57-52)39-28-29-45-43-23-10-9-21-41(43)42-22-11-12-24-44(42)47(45)32-39/h3-33H,1-2H3. The summed E-state index contributed by atoms with van der Waals surface area (Å²) in [7, 11) is 0. The summed E-state index contributed by atoms with van der Waals surface area (Å²) in [4.78, 5) is 15.4. The van der Waals surface area contributed by atoms with Crippen LogP contribution in [0.2, 0.25) is 0 Å². The van der Waals surface area contributed by atoms with Crippen molar-refractivity contribution in [3.8, 4) is 67.5 Å². The summed E-state index contributed by atoms with van der Waals surface area (Å²) in [5, 5.41) is 7.36. The third kappa shape index (κ3) is 5.38. The predicted octanol–water partition coefficient (Wildman–Crippen LogP) is 14.0. The van der Waals surface area contributed by atoms with Crippen molar-refractivity contribution in [3.63, 3.8) is 0 Å². The Morgan fingerprint density at radius 1 is 0.298 bits per heavy atom. The Morgan fingerprint density at radius 3 is 1.44 bits per heavy atom. The number of fused-ring (bicyclic) bond motifs is 9. The number of hydrogen-bond donors (Lipinski definition) is 0. The molecule has 1 heterocycles. The second kappa shape index (κ2) is 12.9. The van der Waals surface area contributed by atoms with Crippen LogP contribution in [0.5, 0.6) is 0 Å². The molecule has 0 N–H and O–H groups in total. The Bertz CT molecular complexity index is 3170. The molecule has 1 aliphatic rings. The third-order valence-electron chi connectivity index (χ3n) is 11.9. The molecule has 0 bridgehead atoms. The van der Waals surface area contributed by atoms with Gasteiger partial charge in [-0.05, 0) is 95.0 Å². The zero-order chi connectivity index (χ0) is 38.1. The van der Waals surface area contributed by atoms with Crippen molar-refractivity contribution in [1.82, 2.24) is 15.0 Å². The van der Waals surface area contributed by atoms with Gasteiger partial charge in [0.25, 0.3) is 0 Å². The van der Waals surface area contributed by atoms with Crippen molar-refractivity contribution in [2.24, 2.45) is 0 Å². The van der Waals surface area contributed by atoms with Gasteiger partial charge in [0.1, 0.15) is 0 Å². The fourth-order valence-electron chi connectivity index (χ4n) is 9.06. The largest absolute Gasteiger partial charge is 0.208 e. The summed E-state index contributed by atoms with van der Waals surface area (Å²) >= 11 is 0. The first-order valence-corrected chi connectivity index (χ1v) is 19.6. The first-order valence-electron chi connectivity index (χ1n) is 19.6. The summed E-state index contributed by atoms with van der Waals surface area (Å²) < 4.78 is 0. The van der Waals surface area contributed by atoms with Crippen LogP contribution in [0.4, 0.5) is 0 Å². The molecule has 3 nitrogen and oxygen atoms in total. The van der Waals surface area contributed by atoms with Gasteiger partial charge in [-0.2, -0.15) is 0 Å². The summed E-state index contributed by atoms with van der Waals surface area (Å²) in [5.41, 5.74) is 12.9. The van der Waals surface area contributed by atoms with E-state index in [4.69, 9.17) is 15.0 Å². The predicted molar refractivity (Wildman–Crippen MR) is 237 cm³/mol. The molecule has 0 saturated carbocycles. The lowest BCUT2D eigenvalue weighted by Crippen LogP contribution is -2.15. The Kier molecular flexibility index (Phi) is 7.52. The molecule has 0 aliphatic heterocycles. The minimum Gasteiger partial charge on any atom is -0.208 e. The lowest BCUT2D eigenvalue weighted by atomic mass is 9.81. The molecule has 11 rings (SSSR count). The maximum atomic E-state index is 5.21. The van der Waals surface area contributed by atoms with Gasteiger partial charge in [-0.3, -0.25) is 0 Å². The zero-order valence-corrected chi connectivity index (χ0v) is 31.7. The molecule has 57 heavy (non-hydrogen) atoms. The summed E-state index contributed by atoms with van der Waals surface area (Å²) in [6, 6.07) is 67.3. The molecular weight excluding hydrogens is 691 g/mol. The topological polar surface area (TPSA) is 38.7 Å². The molecule has 0 atom stereocenters. The monoisotopic (exact) mass is 727 g/mol. The first kappa shape index (κ1) is 33.1. The van der Waals surface area contributed by atoms with Crippen molar-refractivity contribution in [2.45, 2.75) is 19.3 Å². The summed E-state index contributed by atoms with van der Waals surface area (Å²) in [6.07, 6.45) is 0. The fourth-order valence-corrected chi connectivity index (χ4v) is 9.06. The van der Waals surface area contributed by atoms with Crippen LogP contribution in [0.15, 0.2) is 188 Å². The van der Waals surface area contributed by atoms with Gasteiger partial charge >= 0.3 is 0 Å². The molecule has 9 aromatic carbocycles. The highest BCUT2D eigenvalue weighted by Gasteiger charge is 2.37. The van der Waals surface area contributed by atoms with Gasteiger partial charge in [-0.1, -0.05) is 184 Å². The highest BCUT2D eigenvalue weighted by molar-refractivity contribution is 6.25. The molecule has 268 valence electrons. The molecule has 1 aromatic heterocycles. The smallest absolute Gasteiger partial charge is 0.164 e. The molecule has 1 aliphatic carbocycles. The lowest BCUT2D eigenvalue weighted by Gasteiger charge is -2.22. The van der Waals surface area contributed by atoms with Gasteiger partial charge in [0.05, 0.1) is 0 Å². The Balaban J connectivity index is 1.04. The second-order valence-electron chi connectivity index (χ2n) is 15.6. The molecular formula is C54H37N3. The van der Waals surface area contributed by atoms with E-state index in [0.717, 1.165) is 22.3 Å². The molecule has 0 amide bonds. The van der Waals surface area contributed by atoms with E-state index < -0.39 is 0 Å². The highest BCUT2D eigenvalue weighted by atomic mass is 15.0. The number of rotatable bonds is 5. The van der Waals surface area contributed by atoms with Gasteiger partial charge in [0.15, 0.2) is 17.5 Å². The van der Waals surface area contributed by atoms with E-state index in [9.17, 15) is 0 Å². The van der Waals surface area contributed by atoms with E-state index >= 15 is 0 Å². The van der Waals surface area contributed by atoms with Gasteiger partial charge < -0.3 is 0 Å². The molecule has 0 spiro atoms. The number of aromatic nitrogens is 3. The van der Waals surface area contributed by atoms with E-state index in [2.05, 4.69) is 184 Å². The Hall–Kier alpha value is -7.23. The minimum atomic E-state index is -0.145. The van der Waals surface area contributed by atoms with Gasteiger partial charge in [-0.15, -0.1) is 0 Å². The Labute approximate surface area is 332 Å². The van der Waals surface area contributed by atoms with Crippen LogP contribution in [0.25, 0.3) is 99.9 Å². The van der Waals surface area contributed by atoms with Crippen molar-refractivity contribution in [3.05, 3.63) is 199 Å². The lowest BCUT2D eigenvalue weighted by molar-refractivity contribution is 0.660. The van der Waals surface area contributed by atoms with E-state index in [1.807, 2.05) is 18.2 Å². The highest BCUT2D eigenvalue weighted by Crippen LogP contribution is 2.53. The van der Waals surface area contributed by atoms with Gasteiger partial charge in [0.2, 0.25) is 0 Å². The van der Waals surface area contributed by atoms with Crippen molar-refractivity contribution < 1.29 is 0 Å². The van der Waals surface area contributed by atoms with E-state index in [0.29, 0.717) is 17.5 Å². The third-order valence-corrected chi connectivity index (χ3v) is 11.9. The summed E-state index contributed by atoms with van der Waals surface area (Å²) in [5.74, 6) is 1.94. The van der Waals surface area contributed by atoms with Gasteiger partial charge in [0, 0.05) is 22.1 Å². The molecule has 0 radical (unpaired) electrons. The fraction of sp³-hybridized carbons (Fsp3) is 0.0556. The maximum Gasteiger partial charge on any atom is 0.164 e. The maximum absolute atomic E-state index is 5.21. The minimum absolute atomic E-state index is 0.145. The average Bonchev–Trinajstić information content (AvgIpc) is 3.52. The van der Waals surface area contributed by atoms with Crippen LogP contribution in [0.3, 0.4) is 0 Å². The van der Waals surface area contributed by atoms with Crippen LogP contribution in [0.1, 0.15) is 25.0 Å². The molecule has 0 unspecified atom stereocenters. The molecule has 10 aromatic rings. The Morgan fingerprint density at radius 2 is 0.772 bits per heavy atom. The van der Waals surface area contributed by atoms with Gasteiger partial charge in [-0.25, -0.2) is 15.0 Å². The molecule has 3 heteroatoms.